The number of allylic oxidation sites excluding steroid dienone is 1. The van der Waals surface area contributed by atoms with E-state index in [9.17, 15) is 0 Å². The third-order valence-electron chi connectivity index (χ3n) is 0.924. The van der Waals surface area contributed by atoms with Crippen LogP contribution >= 0.6 is 0 Å². The van der Waals surface area contributed by atoms with E-state index >= 15 is 0 Å². The third kappa shape index (κ3) is 7.37. The average molecular weight is 141 g/mol. The van der Waals surface area contributed by atoms with E-state index in [0.717, 1.165) is 26.2 Å². The van der Waals surface area contributed by atoms with Gasteiger partial charge in [0.05, 0.1) is 13.2 Å². The first-order valence-corrected chi connectivity index (χ1v) is 3.60. The number of hydrogen-bond donors (Lipinski definition) is 0. The molecule has 0 atom stereocenters. The van der Waals surface area contributed by atoms with Crippen LogP contribution in [0.3, 0.4) is 0 Å². The SMILES string of the molecule is C=C/C=N/CCOCCC. The lowest BCUT2D eigenvalue weighted by atomic mass is 10.5. The molecule has 0 bridgehead atoms. The van der Waals surface area contributed by atoms with Gasteiger partial charge in [-0.25, -0.2) is 0 Å². The summed E-state index contributed by atoms with van der Waals surface area (Å²) in [7, 11) is 0. The van der Waals surface area contributed by atoms with Crippen LogP contribution in [0.4, 0.5) is 0 Å². The molecule has 0 saturated carbocycles. The molecule has 0 fully saturated rings. The van der Waals surface area contributed by atoms with E-state index in [2.05, 4.69) is 18.5 Å². The van der Waals surface area contributed by atoms with E-state index in [4.69, 9.17) is 4.74 Å². The van der Waals surface area contributed by atoms with Crippen LogP contribution in [-0.4, -0.2) is 26.0 Å². The Balaban J connectivity index is 2.90. The molecule has 0 spiro atoms. The van der Waals surface area contributed by atoms with Gasteiger partial charge in [0.2, 0.25) is 0 Å². The summed E-state index contributed by atoms with van der Waals surface area (Å²) >= 11 is 0. The summed E-state index contributed by atoms with van der Waals surface area (Å²) < 4.78 is 5.18. The molecule has 0 saturated heterocycles. The van der Waals surface area contributed by atoms with E-state index in [1.165, 1.54) is 0 Å². The molecule has 0 aromatic rings. The highest BCUT2D eigenvalue weighted by atomic mass is 16.5. The first-order chi connectivity index (χ1) is 4.91. The zero-order valence-corrected chi connectivity index (χ0v) is 6.55. The Morgan fingerprint density at radius 1 is 1.50 bits per heavy atom. The highest BCUT2D eigenvalue weighted by molar-refractivity contribution is 5.69. The summed E-state index contributed by atoms with van der Waals surface area (Å²) in [6, 6.07) is 0. The largest absolute Gasteiger partial charge is 0.380 e. The van der Waals surface area contributed by atoms with Crippen LogP contribution < -0.4 is 0 Å². The van der Waals surface area contributed by atoms with E-state index in [-0.39, 0.29) is 0 Å². The predicted octanol–water partition coefficient (Wildman–Crippen LogP) is 1.67. The average Bonchev–Trinajstić information content (AvgIpc) is 1.97. The van der Waals surface area contributed by atoms with Crippen LogP contribution in [0.1, 0.15) is 13.3 Å². The van der Waals surface area contributed by atoms with Gasteiger partial charge in [-0.15, -0.1) is 0 Å². The second-order valence-corrected chi connectivity index (χ2v) is 1.90. The zero-order valence-electron chi connectivity index (χ0n) is 6.55. The molecule has 0 amide bonds. The molecule has 0 radical (unpaired) electrons. The van der Waals surface area contributed by atoms with Crippen molar-refractivity contribution in [3.05, 3.63) is 12.7 Å². The Hall–Kier alpha value is -0.630. The first-order valence-electron chi connectivity index (χ1n) is 3.60. The third-order valence-corrected chi connectivity index (χ3v) is 0.924. The van der Waals surface area contributed by atoms with E-state index < -0.39 is 0 Å². The molecule has 0 N–H and O–H groups in total. The fourth-order valence-corrected chi connectivity index (χ4v) is 0.513. The van der Waals surface area contributed by atoms with Crippen molar-refractivity contribution in [1.29, 1.82) is 0 Å². The zero-order chi connectivity index (χ0) is 7.66. The van der Waals surface area contributed by atoms with Crippen molar-refractivity contribution in [2.75, 3.05) is 19.8 Å². The lowest BCUT2D eigenvalue weighted by Gasteiger charge is -1.96. The molecule has 0 aromatic carbocycles. The maximum absolute atomic E-state index is 5.18. The van der Waals surface area contributed by atoms with Crippen LogP contribution in [0.15, 0.2) is 17.6 Å². The van der Waals surface area contributed by atoms with Gasteiger partial charge in [-0.2, -0.15) is 0 Å². The Labute approximate surface area is 62.6 Å². The molecule has 2 heteroatoms. The van der Waals surface area contributed by atoms with Crippen molar-refractivity contribution in [1.82, 2.24) is 0 Å². The molecule has 0 aliphatic rings. The van der Waals surface area contributed by atoms with E-state index in [0.29, 0.717) is 0 Å². The van der Waals surface area contributed by atoms with Gasteiger partial charge in [-0.05, 0) is 6.42 Å². The molecule has 2 nitrogen and oxygen atoms in total. The number of rotatable bonds is 6. The number of ether oxygens (including phenoxy) is 1. The van der Waals surface area contributed by atoms with Crippen LogP contribution in [0.5, 0.6) is 0 Å². The molecular formula is C8H15NO. The minimum Gasteiger partial charge on any atom is -0.380 e. The summed E-state index contributed by atoms with van der Waals surface area (Å²) in [5.74, 6) is 0. The second kappa shape index (κ2) is 8.37. The van der Waals surface area contributed by atoms with Crippen LogP contribution in [0.2, 0.25) is 0 Å². The van der Waals surface area contributed by atoms with Gasteiger partial charge < -0.3 is 4.74 Å². The fourth-order valence-electron chi connectivity index (χ4n) is 0.513. The monoisotopic (exact) mass is 141 g/mol. The predicted molar refractivity (Wildman–Crippen MR) is 44.7 cm³/mol. The Morgan fingerprint density at radius 2 is 2.30 bits per heavy atom. The van der Waals surface area contributed by atoms with Crippen molar-refractivity contribution in [3.8, 4) is 0 Å². The van der Waals surface area contributed by atoms with Gasteiger partial charge in [-0.3, -0.25) is 4.99 Å². The molecule has 0 aliphatic heterocycles. The van der Waals surface area contributed by atoms with Gasteiger partial charge in [0.15, 0.2) is 0 Å². The number of aliphatic imine (C=N–C) groups is 1. The Kier molecular flexibility index (Phi) is 7.84. The minimum absolute atomic E-state index is 0.720. The Morgan fingerprint density at radius 3 is 2.90 bits per heavy atom. The molecule has 0 aliphatic carbocycles. The quantitative estimate of drug-likeness (QED) is 0.407. The first kappa shape index (κ1) is 9.37. The van der Waals surface area contributed by atoms with Gasteiger partial charge in [0, 0.05) is 12.8 Å². The topological polar surface area (TPSA) is 21.6 Å². The van der Waals surface area contributed by atoms with Crippen molar-refractivity contribution in [2.24, 2.45) is 4.99 Å². The van der Waals surface area contributed by atoms with Crippen LogP contribution in [0, 0.1) is 0 Å². The van der Waals surface area contributed by atoms with Crippen molar-refractivity contribution in [3.63, 3.8) is 0 Å². The number of nitrogens with zero attached hydrogens (tertiary/aromatic N) is 1. The van der Waals surface area contributed by atoms with Crippen molar-refractivity contribution in [2.45, 2.75) is 13.3 Å². The second-order valence-electron chi connectivity index (χ2n) is 1.90. The van der Waals surface area contributed by atoms with Gasteiger partial charge >= 0.3 is 0 Å². The van der Waals surface area contributed by atoms with E-state index in [1.807, 2.05) is 0 Å². The molecular weight excluding hydrogens is 126 g/mol. The molecule has 0 unspecified atom stereocenters. The van der Waals surface area contributed by atoms with E-state index in [1.54, 1.807) is 12.3 Å². The highest BCUT2D eigenvalue weighted by Gasteiger charge is 1.81. The summed E-state index contributed by atoms with van der Waals surface area (Å²) in [4.78, 5) is 3.99. The maximum Gasteiger partial charge on any atom is 0.0661 e. The van der Waals surface area contributed by atoms with Crippen molar-refractivity contribution >= 4 is 6.21 Å². The molecule has 58 valence electrons. The lowest BCUT2D eigenvalue weighted by molar-refractivity contribution is 0.142. The number of hydrogen-bond acceptors (Lipinski definition) is 2. The Bertz CT molecular complexity index is 99.4. The molecule has 0 aromatic heterocycles. The standard InChI is InChI=1S/C8H15NO/c1-3-5-9-6-8-10-7-4-2/h3,5H,1,4,6-8H2,2H3/b9-5+. The summed E-state index contributed by atoms with van der Waals surface area (Å²) in [6.07, 6.45) is 4.43. The summed E-state index contributed by atoms with van der Waals surface area (Å²) in [5.41, 5.74) is 0. The highest BCUT2D eigenvalue weighted by Crippen LogP contribution is 1.79. The normalized spacial score (nSPS) is 10.5. The smallest absolute Gasteiger partial charge is 0.0661 e. The molecule has 0 rings (SSSR count). The molecule has 0 heterocycles. The van der Waals surface area contributed by atoms with Gasteiger partial charge in [0.25, 0.3) is 0 Å². The van der Waals surface area contributed by atoms with Gasteiger partial charge in [-0.1, -0.05) is 19.6 Å². The minimum atomic E-state index is 0.720. The fraction of sp³-hybridized carbons (Fsp3) is 0.625. The summed E-state index contributed by atoms with van der Waals surface area (Å²) in [5, 5.41) is 0. The van der Waals surface area contributed by atoms with Crippen LogP contribution in [0.25, 0.3) is 0 Å². The summed E-state index contributed by atoms with van der Waals surface area (Å²) in [6.45, 7) is 7.89. The van der Waals surface area contributed by atoms with Crippen molar-refractivity contribution < 1.29 is 4.74 Å². The lowest BCUT2D eigenvalue weighted by Crippen LogP contribution is -1.98. The molecule has 10 heavy (non-hydrogen) atoms. The maximum atomic E-state index is 5.18. The van der Waals surface area contributed by atoms with Crippen LogP contribution in [-0.2, 0) is 4.74 Å². The van der Waals surface area contributed by atoms with Gasteiger partial charge in [0.1, 0.15) is 0 Å².